The van der Waals surface area contributed by atoms with Crippen LogP contribution in [0.4, 0.5) is 0 Å². The fraction of sp³-hybridized carbons (Fsp3) is 0.909. The Morgan fingerprint density at radius 2 is 1.65 bits per heavy atom. The highest BCUT2D eigenvalue weighted by Crippen LogP contribution is 2.43. The molecule has 0 saturated heterocycles. The second-order valence-electron chi connectivity index (χ2n) is 3.57. The topological polar surface area (TPSA) is 48.0 Å². The largest absolute Gasteiger partial charge is 0.465 e. The molecule has 0 aliphatic carbocycles. The lowest BCUT2D eigenvalue weighted by atomic mass is 10.4. The smallest absolute Gasteiger partial charge is 0.320 e. The van der Waals surface area contributed by atoms with Crippen molar-refractivity contribution < 1.29 is 18.6 Å². The molecule has 0 aromatic rings. The molecule has 0 rings (SSSR count). The normalized spacial score (nSPS) is 11.5. The Morgan fingerprint density at radius 3 is 2.00 bits per heavy atom. The van der Waals surface area contributed by atoms with Gasteiger partial charge in [0, 0.05) is 6.04 Å². The molecule has 0 amide bonds. The molecule has 0 bridgehead atoms. The predicted octanol–water partition coefficient (Wildman–Crippen LogP) is 2.56. The van der Waals surface area contributed by atoms with Crippen LogP contribution in [0.2, 0.25) is 0 Å². The molecule has 0 aromatic heterocycles. The van der Waals surface area contributed by atoms with Crippen molar-refractivity contribution >= 4 is 14.5 Å². The SMILES string of the molecule is CCOC(=O)CN(C(C)C)P(OCC)OCC. The van der Waals surface area contributed by atoms with Crippen molar-refractivity contribution in [1.82, 2.24) is 4.67 Å². The number of carbonyl (C=O) groups excluding carboxylic acids is 1. The highest BCUT2D eigenvalue weighted by Gasteiger charge is 2.26. The number of nitrogens with zero attached hydrogens (tertiary/aromatic N) is 1. The molecule has 6 heteroatoms. The van der Waals surface area contributed by atoms with Gasteiger partial charge >= 0.3 is 5.97 Å². The Labute approximate surface area is 105 Å². The van der Waals surface area contributed by atoms with E-state index < -0.39 is 8.53 Å². The number of esters is 1. The summed E-state index contributed by atoms with van der Waals surface area (Å²) in [5, 5.41) is 0. The Balaban J connectivity index is 4.49. The highest BCUT2D eigenvalue weighted by molar-refractivity contribution is 7.44. The van der Waals surface area contributed by atoms with Crippen molar-refractivity contribution in [2.24, 2.45) is 0 Å². The van der Waals surface area contributed by atoms with Gasteiger partial charge in [0.2, 0.25) is 0 Å². The molecule has 5 nitrogen and oxygen atoms in total. The molecule has 0 aliphatic heterocycles. The highest BCUT2D eigenvalue weighted by atomic mass is 31.2. The number of carbonyl (C=O) groups is 1. The fourth-order valence-electron chi connectivity index (χ4n) is 1.17. The van der Waals surface area contributed by atoms with Crippen LogP contribution in [0.25, 0.3) is 0 Å². The molecule has 0 spiro atoms. The summed E-state index contributed by atoms with van der Waals surface area (Å²) in [5.41, 5.74) is 0. The van der Waals surface area contributed by atoms with Crippen LogP contribution in [-0.2, 0) is 18.6 Å². The fourth-order valence-corrected chi connectivity index (χ4v) is 2.60. The van der Waals surface area contributed by atoms with Crippen molar-refractivity contribution in [1.29, 1.82) is 0 Å². The van der Waals surface area contributed by atoms with Crippen LogP contribution >= 0.6 is 8.53 Å². The maximum Gasteiger partial charge on any atom is 0.320 e. The average molecular weight is 265 g/mol. The zero-order chi connectivity index (χ0) is 13.3. The number of rotatable bonds is 9. The van der Waals surface area contributed by atoms with Crippen molar-refractivity contribution in [3.05, 3.63) is 0 Å². The lowest BCUT2D eigenvalue weighted by molar-refractivity contribution is -0.143. The van der Waals surface area contributed by atoms with Crippen molar-refractivity contribution in [2.45, 2.75) is 40.7 Å². The number of hydrogen-bond donors (Lipinski definition) is 0. The van der Waals surface area contributed by atoms with E-state index in [9.17, 15) is 4.79 Å². The van der Waals surface area contributed by atoms with Gasteiger partial charge in [-0.25, -0.2) is 4.67 Å². The lowest BCUT2D eigenvalue weighted by Crippen LogP contribution is -2.33. The summed E-state index contributed by atoms with van der Waals surface area (Å²) in [6.07, 6.45) is 0. The van der Waals surface area contributed by atoms with Gasteiger partial charge in [-0.05, 0) is 34.6 Å². The van der Waals surface area contributed by atoms with Gasteiger partial charge < -0.3 is 13.8 Å². The average Bonchev–Trinajstić information content (AvgIpc) is 2.26. The van der Waals surface area contributed by atoms with Crippen LogP contribution in [0.1, 0.15) is 34.6 Å². The summed E-state index contributed by atoms with van der Waals surface area (Å²) in [4.78, 5) is 11.5. The van der Waals surface area contributed by atoms with E-state index >= 15 is 0 Å². The molecule has 102 valence electrons. The van der Waals surface area contributed by atoms with Crippen LogP contribution < -0.4 is 0 Å². The van der Waals surface area contributed by atoms with E-state index in [0.29, 0.717) is 19.8 Å². The lowest BCUT2D eigenvalue weighted by Gasteiger charge is -2.31. The van der Waals surface area contributed by atoms with Crippen LogP contribution in [-0.4, -0.2) is 43.0 Å². The molecule has 0 aliphatic rings. The molecule has 0 unspecified atom stereocenters. The molecule has 0 saturated carbocycles. The van der Waals surface area contributed by atoms with Gasteiger partial charge in [0.1, 0.15) is 6.54 Å². The van der Waals surface area contributed by atoms with Crippen LogP contribution in [0.3, 0.4) is 0 Å². The summed E-state index contributed by atoms with van der Waals surface area (Å²) >= 11 is 0. The summed E-state index contributed by atoms with van der Waals surface area (Å²) < 4.78 is 17.9. The molecular weight excluding hydrogens is 241 g/mol. The molecular formula is C11H24NO4P. The van der Waals surface area contributed by atoms with E-state index in [1.807, 2.05) is 32.4 Å². The Hall–Kier alpha value is -0.220. The van der Waals surface area contributed by atoms with E-state index in [-0.39, 0.29) is 18.6 Å². The maximum absolute atomic E-state index is 11.5. The van der Waals surface area contributed by atoms with Gasteiger partial charge in [-0.1, -0.05) is 0 Å². The van der Waals surface area contributed by atoms with Gasteiger partial charge in [0.25, 0.3) is 8.53 Å². The molecule has 0 heterocycles. The third kappa shape index (κ3) is 6.94. The molecule has 0 fully saturated rings. The Morgan fingerprint density at radius 1 is 1.12 bits per heavy atom. The molecule has 0 radical (unpaired) electrons. The van der Waals surface area contributed by atoms with Gasteiger partial charge in [0.15, 0.2) is 0 Å². The van der Waals surface area contributed by atoms with Crippen LogP contribution in [0.15, 0.2) is 0 Å². The first-order valence-electron chi connectivity index (χ1n) is 6.04. The minimum absolute atomic E-state index is 0.170. The molecule has 0 N–H and O–H groups in total. The number of hydrogen-bond acceptors (Lipinski definition) is 5. The first-order chi connectivity index (χ1) is 8.06. The van der Waals surface area contributed by atoms with E-state index in [2.05, 4.69) is 0 Å². The molecule has 0 atom stereocenters. The molecule has 17 heavy (non-hydrogen) atoms. The summed E-state index contributed by atoms with van der Waals surface area (Å²) in [6, 6.07) is 0.170. The van der Waals surface area contributed by atoms with Crippen LogP contribution in [0.5, 0.6) is 0 Å². The number of ether oxygens (including phenoxy) is 1. The van der Waals surface area contributed by atoms with E-state index in [1.165, 1.54) is 0 Å². The zero-order valence-corrected chi connectivity index (χ0v) is 12.3. The van der Waals surface area contributed by atoms with Gasteiger partial charge in [-0.3, -0.25) is 4.79 Å². The minimum Gasteiger partial charge on any atom is -0.465 e. The Bertz CT molecular complexity index is 208. The summed E-state index contributed by atoms with van der Waals surface area (Å²) in [5.74, 6) is -0.242. The van der Waals surface area contributed by atoms with Crippen molar-refractivity contribution in [2.75, 3.05) is 26.4 Å². The first-order valence-corrected chi connectivity index (χ1v) is 7.17. The van der Waals surface area contributed by atoms with Crippen LogP contribution in [0, 0.1) is 0 Å². The quantitative estimate of drug-likeness (QED) is 0.473. The third-order valence-electron chi connectivity index (χ3n) is 1.88. The zero-order valence-electron chi connectivity index (χ0n) is 11.4. The standard InChI is InChI=1S/C11H24NO4P/c1-6-14-11(13)9-12(10(4)5)17(15-7-2)16-8-3/h10H,6-9H2,1-5H3. The van der Waals surface area contributed by atoms with Gasteiger partial charge in [0.05, 0.1) is 19.8 Å². The third-order valence-corrected chi connectivity index (χ3v) is 3.86. The Kier molecular flexibility index (Phi) is 9.65. The second kappa shape index (κ2) is 9.77. The van der Waals surface area contributed by atoms with Gasteiger partial charge in [-0.2, -0.15) is 0 Å². The van der Waals surface area contributed by atoms with E-state index in [1.54, 1.807) is 6.92 Å². The van der Waals surface area contributed by atoms with Crippen molar-refractivity contribution in [3.63, 3.8) is 0 Å². The maximum atomic E-state index is 11.5. The van der Waals surface area contributed by atoms with E-state index in [0.717, 1.165) is 0 Å². The van der Waals surface area contributed by atoms with Crippen molar-refractivity contribution in [3.8, 4) is 0 Å². The summed E-state index contributed by atoms with van der Waals surface area (Å²) in [7, 11) is -1.17. The van der Waals surface area contributed by atoms with E-state index in [4.69, 9.17) is 13.8 Å². The predicted molar refractivity (Wildman–Crippen MR) is 68.6 cm³/mol. The van der Waals surface area contributed by atoms with Gasteiger partial charge in [-0.15, -0.1) is 0 Å². The minimum atomic E-state index is -1.17. The summed E-state index contributed by atoms with van der Waals surface area (Å²) in [6.45, 7) is 11.4. The first kappa shape index (κ1) is 16.8. The monoisotopic (exact) mass is 265 g/mol. The second-order valence-corrected chi connectivity index (χ2v) is 5.08. The molecule has 0 aromatic carbocycles.